The molecule has 0 unspecified atom stereocenters. The molecule has 0 radical (unpaired) electrons. The fraction of sp³-hybridized carbons (Fsp3) is 0.235. The largest absolute Gasteiger partial charge is 0.492 e. The molecule has 0 aliphatic carbocycles. The van der Waals surface area contributed by atoms with Crippen LogP contribution in [0.4, 0.5) is 10.5 Å². The van der Waals surface area contributed by atoms with Gasteiger partial charge in [-0.3, -0.25) is 0 Å². The van der Waals surface area contributed by atoms with Gasteiger partial charge in [-0.15, -0.1) is 0 Å². The number of anilines is 1. The van der Waals surface area contributed by atoms with E-state index in [0.717, 1.165) is 0 Å². The zero-order chi connectivity index (χ0) is 16.5. The molecule has 2 N–H and O–H groups in total. The second-order valence-corrected chi connectivity index (χ2v) is 5.05. The quantitative estimate of drug-likeness (QED) is 0.754. The van der Waals surface area contributed by atoms with Crippen molar-refractivity contribution in [2.24, 2.45) is 0 Å². The molecule has 2 aromatic carbocycles. The van der Waals surface area contributed by atoms with E-state index in [9.17, 15) is 4.79 Å². The summed E-state index contributed by atoms with van der Waals surface area (Å²) in [6, 6.07) is 14.0. The van der Waals surface area contributed by atoms with Crippen LogP contribution in [0.5, 0.6) is 11.5 Å². The van der Waals surface area contributed by atoms with E-state index >= 15 is 0 Å². The van der Waals surface area contributed by atoms with Crippen LogP contribution in [0.15, 0.2) is 48.5 Å². The fourth-order valence-electron chi connectivity index (χ4n) is 1.88. The molecule has 23 heavy (non-hydrogen) atoms. The van der Waals surface area contributed by atoms with Gasteiger partial charge >= 0.3 is 6.03 Å². The Balaban J connectivity index is 1.74. The summed E-state index contributed by atoms with van der Waals surface area (Å²) in [4.78, 5) is 11.9. The zero-order valence-electron chi connectivity index (χ0n) is 12.8. The van der Waals surface area contributed by atoms with Crippen LogP contribution in [-0.2, 0) is 0 Å². The standard InChI is InChI=1S/C17H19ClN2O3/c1-2-22-16-6-4-3-5-15(16)20-17(21)19-11-12-23-14-9-7-13(18)8-10-14/h3-10H,2,11-12H2,1H3,(H2,19,20,21). The topological polar surface area (TPSA) is 59.6 Å². The summed E-state index contributed by atoms with van der Waals surface area (Å²) in [6.45, 7) is 3.17. The summed E-state index contributed by atoms with van der Waals surface area (Å²) in [7, 11) is 0. The van der Waals surface area contributed by atoms with E-state index in [4.69, 9.17) is 21.1 Å². The second-order valence-electron chi connectivity index (χ2n) is 4.61. The Kier molecular flexibility index (Phi) is 6.56. The molecule has 0 spiro atoms. The van der Waals surface area contributed by atoms with Crippen molar-refractivity contribution < 1.29 is 14.3 Å². The minimum atomic E-state index is -0.308. The maximum Gasteiger partial charge on any atom is 0.319 e. The minimum Gasteiger partial charge on any atom is -0.492 e. The summed E-state index contributed by atoms with van der Waals surface area (Å²) in [6.07, 6.45) is 0. The van der Waals surface area contributed by atoms with Crippen molar-refractivity contribution in [3.63, 3.8) is 0 Å². The molecular formula is C17H19ClN2O3. The predicted molar refractivity (Wildman–Crippen MR) is 91.6 cm³/mol. The van der Waals surface area contributed by atoms with Gasteiger partial charge in [-0.25, -0.2) is 4.79 Å². The Morgan fingerprint density at radius 1 is 1.09 bits per heavy atom. The first kappa shape index (κ1) is 17.0. The maximum absolute atomic E-state index is 11.9. The van der Waals surface area contributed by atoms with Crippen LogP contribution in [0.25, 0.3) is 0 Å². The van der Waals surface area contributed by atoms with Gasteiger partial charge in [0.15, 0.2) is 0 Å². The highest BCUT2D eigenvalue weighted by Crippen LogP contribution is 2.23. The van der Waals surface area contributed by atoms with E-state index in [-0.39, 0.29) is 6.03 Å². The lowest BCUT2D eigenvalue weighted by Gasteiger charge is -2.12. The average Bonchev–Trinajstić information content (AvgIpc) is 2.55. The summed E-state index contributed by atoms with van der Waals surface area (Å²) in [5, 5.41) is 6.13. The van der Waals surface area contributed by atoms with Crippen LogP contribution in [-0.4, -0.2) is 25.8 Å². The van der Waals surface area contributed by atoms with E-state index in [0.29, 0.717) is 42.0 Å². The number of carbonyl (C=O) groups excluding carboxylic acids is 1. The van der Waals surface area contributed by atoms with Crippen LogP contribution in [0.1, 0.15) is 6.92 Å². The maximum atomic E-state index is 11.9. The van der Waals surface area contributed by atoms with Crippen LogP contribution in [0, 0.1) is 0 Å². The highest BCUT2D eigenvalue weighted by atomic mass is 35.5. The Hall–Kier alpha value is -2.40. The van der Waals surface area contributed by atoms with Crippen molar-refractivity contribution in [3.05, 3.63) is 53.6 Å². The van der Waals surface area contributed by atoms with Crippen molar-refractivity contribution in [1.29, 1.82) is 0 Å². The first-order chi connectivity index (χ1) is 11.2. The van der Waals surface area contributed by atoms with Crippen molar-refractivity contribution in [3.8, 4) is 11.5 Å². The Labute approximate surface area is 140 Å². The first-order valence-electron chi connectivity index (χ1n) is 7.34. The Morgan fingerprint density at radius 2 is 1.83 bits per heavy atom. The minimum absolute atomic E-state index is 0.308. The van der Waals surface area contributed by atoms with Gasteiger partial charge in [0.25, 0.3) is 0 Å². The molecule has 122 valence electrons. The molecular weight excluding hydrogens is 316 g/mol. The number of amides is 2. The van der Waals surface area contributed by atoms with Gasteiger partial charge < -0.3 is 20.1 Å². The molecule has 2 amide bonds. The third-order valence-corrected chi connectivity index (χ3v) is 3.16. The van der Waals surface area contributed by atoms with Gasteiger partial charge in [-0.1, -0.05) is 23.7 Å². The molecule has 2 aromatic rings. The molecule has 0 saturated heterocycles. The van der Waals surface area contributed by atoms with Gasteiger partial charge in [0.1, 0.15) is 18.1 Å². The molecule has 2 rings (SSSR count). The van der Waals surface area contributed by atoms with Crippen molar-refractivity contribution >= 4 is 23.3 Å². The highest BCUT2D eigenvalue weighted by Gasteiger charge is 2.06. The number of nitrogens with one attached hydrogen (secondary N) is 2. The molecule has 0 aliphatic heterocycles. The van der Waals surface area contributed by atoms with Crippen LogP contribution < -0.4 is 20.1 Å². The third kappa shape index (κ3) is 5.71. The number of urea groups is 1. The SMILES string of the molecule is CCOc1ccccc1NC(=O)NCCOc1ccc(Cl)cc1. The molecule has 0 aromatic heterocycles. The normalized spacial score (nSPS) is 10.0. The molecule has 0 saturated carbocycles. The van der Waals surface area contributed by atoms with Crippen LogP contribution in [0.2, 0.25) is 5.02 Å². The van der Waals surface area contributed by atoms with Gasteiger partial charge in [0.05, 0.1) is 18.8 Å². The van der Waals surface area contributed by atoms with Crippen molar-refractivity contribution in [1.82, 2.24) is 5.32 Å². The fourth-order valence-corrected chi connectivity index (χ4v) is 2.01. The van der Waals surface area contributed by atoms with Gasteiger partial charge in [-0.2, -0.15) is 0 Å². The van der Waals surface area contributed by atoms with Gasteiger partial charge in [-0.05, 0) is 43.3 Å². The first-order valence-corrected chi connectivity index (χ1v) is 7.72. The van der Waals surface area contributed by atoms with Crippen molar-refractivity contribution in [2.45, 2.75) is 6.92 Å². The summed E-state index contributed by atoms with van der Waals surface area (Å²) >= 11 is 5.80. The number of halogens is 1. The number of rotatable bonds is 7. The van der Waals surface area contributed by atoms with E-state index in [2.05, 4.69) is 10.6 Å². The van der Waals surface area contributed by atoms with E-state index in [1.54, 1.807) is 30.3 Å². The highest BCUT2D eigenvalue weighted by molar-refractivity contribution is 6.30. The number of carbonyl (C=O) groups is 1. The molecule has 0 bridgehead atoms. The van der Waals surface area contributed by atoms with Crippen LogP contribution >= 0.6 is 11.6 Å². The molecule has 0 fully saturated rings. The predicted octanol–water partition coefficient (Wildman–Crippen LogP) is 3.94. The lowest BCUT2D eigenvalue weighted by Crippen LogP contribution is -2.32. The van der Waals surface area contributed by atoms with E-state index in [1.165, 1.54) is 0 Å². The van der Waals surface area contributed by atoms with E-state index < -0.39 is 0 Å². The van der Waals surface area contributed by atoms with E-state index in [1.807, 2.05) is 25.1 Å². The van der Waals surface area contributed by atoms with Crippen LogP contribution in [0.3, 0.4) is 0 Å². The molecule has 6 heteroatoms. The summed E-state index contributed by atoms with van der Waals surface area (Å²) in [5.74, 6) is 1.35. The number of hydrogen-bond acceptors (Lipinski definition) is 3. The van der Waals surface area contributed by atoms with Gasteiger partial charge in [0.2, 0.25) is 0 Å². The van der Waals surface area contributed by atoms with Crippen molar-refractivity contribution in [2.75, 3.05) is 25.1 Å². The number of ether oxygens (including phenoxy) is 2. The Morgan fingerprint density at radius 3 is 2.57 bits per heavy atom. The lowest BCUT2D eigenvalue weighted by atomic mass is 10.3. The Bertz CT molecular complexity index is 632. The lowest BCUT2D eigenvalue weighted by molar-refractivity contribution is 0.247. The molecule has 5 nitrogen and oxygen atoms in total. The number of para-hydroxylation sites is 2. The average molecular weight is 335 g/mol. The molecule has 0 atom stereocenters. The summed E-state index contributed by atoms with van der Waals surface area (Å²) in [5.41, 5.74) is 0.630. The third-order valence-electron chi connectivity index (χ3n) is 2.91. The smallest absolute Gasteiger partial charge is 0.319 e. The second kappa shape index (κ2) is 8.90. The zero-order valence-corrected chi connectivity index (χ0v) is 13.6. The monoisotopic (exact) mass is 334 g/mol. The van der Waals surface area contributed by atoms with Gasteiger partial charge in [0, 0.05) is 5.02 Å². The summed E-state index contributed by atoms with van der Waals surface area (Å²) < 4.78 is 11.0. The molecule has 0 aliphatic rings. The number of benzene rings is 2. The number of hydrogen-bond donors (Lipinski definition) is 2. The molecule has 0 heterocycles.